The molecule has 0 saturated heterocycles. The number of nitrogens with one attached hydrogen (secondary N) is 2. The van der Waals surface area contributed by atoms with E-state index in [2.05, 4.69) is 20.6 Å². The van der Waals surface area contributed by atoms with Crippen molar-refractivity contribution in [2.45, 2.75) is 6.92 Å². The van der Waals surface area contributed by atoms with Gasteiger partial charge in [-0.05, 0) is 61.1 Å². The van der Waals surface area contributed by atoms with Crippen molar-refractivity contribution in [3.05, 3.63) is 76.9 Å². The second-order valence-corrected chi connectivity index (χ2v) is 7.03. The van der Waals surface area contributed by atoms with E-state index in [1.807, 2.05) is 31.2 Å². The third kappa shape index (κ3) is 3.96. The van der Waals surface area contributed by atoms with E-state index in [1.165, 1.54) is 0 Å². The highest BCUT2D eigenvalue weighted by Crippen LogP contribution is 2.30. The molecule has 0 atom stereocenters. The summed E-state index contributed by atoms with van der Waals surface area (Å²) in [6, 6.07) is 16.0. The molecule has 0 fully saturated rings. The van der Waals surface area contributed by atoms with E-state index in [-0.39, 0.29) is 11.0 Å². The second-order valence-electron chi connectivity index (χ2n) is 6.21. The van der Waals surface area contributed by atoms with E-state index in [0.717, 1.165) is 16.8 Å². The molecule has 2 N–H and O–H groups in total. The zero-order valence-corrected chi connectivity index (χ0v) is 16.8. The third-order valence-corrected chi connectivity index (χ3v) is 4.86. The fourth-order valence-electron chi connectivity index (χ4n) is 2.86. The summed E-state index contributed by atoms with van der Waals surface area (Å²) in [4.78, 5) is 21.0. The van der Waals surface area contributed by atoms with Crippen LogP contribution in [0.25, 0.3) is 22.7 Å². The molecule has 4 rings (SSSR count). The fraction of sp³-hybridized carbons (Fsp3) is 0.0476. The van der Waals surface area contributed by atoms with Gasteiger partial charge in [-0.2, -0.15) is 4.98 Å². The van der Waals surface area contributed by atoms with Crippen molar-refractivity contribution in [1.29, 1.82) is 0 Å². The molecule has 0 aliphatic heterocycles. The predicted molar refractivity (Wildman–Crippen MR) is 117 cm³/mol. The van der Waals surface area contributed by atoms with Crippen molar-refractivity contribution in [2.24, 2.45) is 0 Å². The number of fused-ring (bicyclic) bond motifs is 1. The quantitative estimate of drug-likeness (QED) is 0.453. The number of benzene rings is 2. The van der Waals surface area contributed by atoms with Gasteiger partial charge in [0.15, 0.2) is 16.3 Å². The van der Waals surface area contributed by atoms with Crippen LogP contribution in [-0.4, -0.2) is 21.0 Å². The van der Waals surface area contributed by atoms with Gasteiger partial charge in [0.05, 0.1) is 10.6 Å². The number of carbonyl (C=O) groups is 1. The predicted octanol–water partition coefficient (Wildman–Crippen LogP) is 4.98. The summed E-state index contributed by atoms with van der Waals surface area (Å²) in [7, 11) is 0. The number of halogens is 1. The summed E-state index contributed by atoms with van der Waals surface area (Å²) in [5.74, 6) is 0.0813. The normalized spacial score (nSPS) is 10.7. The molecule has 2 aromatic carbocycles. The van der Waals surface area contributed by atoms with Gasteiger partial charge in [0.2, 0.25) is 5.89 Å². The zero-order chi connectivity index (χ0) is 20.4. The van der Waals surface area contributed by atoms with E-state index in [9.17, 15) is 4.79 Å². The summed E-state index contributed by atoms with van der Waals surface area (Å²) < 4.78 is 5.81. The number of anilines is 1. The van der Waals surface area contributed by atoms with E-state index < -0.39 is 0 Å². The largest absolute Gasteiger partial charge is 0.434 e. The molecule has 2 heterocycles. The van der Waals surface area contributed by atoms with Gasteiger partial charge in [0.25, 0.3) is 5.91 Å². The molecule has 0 aliphatic rings. The molecule has 2 aromatic heterocycles. The van der Waals surface area contributed by atoms with Gasteiger partial charge in [0.1, 0.15) is 0 Å². The minimum Gasteiger partial charge on any atom is -0.434 e. The Morgan fingerprint density at radius 2 is 1.93 bits per heavy atom. The van der Waals surface area contributed by atoms with E-state index in [1.54, 1.807) is 36.5 Å². The maximum absolute atomic E-state index is 12.4. The van der Waals surface area contributed by atoms with Crippen LogP contribution < -0.4 is 10.6 Å². The van der Waals surface area contributed by atoms with Crippen molar-refractivity contribution in [3.63, 3.8) is 0 Å². The van der Waals surface area contributed by atoms with Crippen molar-refractivity contribution in [2.75, 3.05) is 5.32 Å². The lowest BCUT2D eigenvalue weighted by atomic mass is 10.1. The van der Waals surface area contributed by atoms with Crippen molar-refractivity contribution < 1.29 is 9.21 Å². The van der Waals surface area contributed by atoms with Crippen LogP contribution in [0.15, 0.2) is 65.2 Å². The third-order valence-electron chi connectivity index (χ3n) is 4.32. The van der Waals surface area contributed by atoms with E-state index >= 15 is 0 Å². The fourth-order valence-corrected chi connectivity index (χ4v) is 3.28. The SMILES string of the molecule is Cc1c(NC(=S)NC(=O)c2ccccc2Cl)cccc1-c1nc2ncccc2o1. The number of thiocarbonyl (C=S) groups is 1. The number of hydrogen-bond acceptors (Lipinski definition) is 5. The average molecular weight is 423 g/mol. The van der Waals surface area contributed by atoms with Crippen LogP contribution in [-0.2, 0) is 0 Å². The molecule has 0 aliphatic carbocycles. The van der Waals surface area contributed by atoms with Crippen LogP contribution in [0.1, 0.15) is 15.9 Å². The lowest BCUT2D eigenvalue weighted by Gasteiger charge is -2.13. The summed E-state index contributed by atoms with van der Waals surface area (Å²) in [5, 5.41) is 6.21. The van der Waals surface area contributed by atoms with Gasteiger partial charge in [-0.3, -0.25) is 10.1 Å². The number of carbonyl (C=O) groups excluding carboxylic acids is 1. The smallest absolute Gasteiger partial charge is 0.258 e. The van der Waals surface area contributed by atoms with Crippen LogP contribution in [0.5, 0.6) is 0 Å². The molecule has 29 heavy (non-hydrogen) atoms. The Bertz CT molecular complexity index is 1210. The lowest BCUT2D eigenvalue weighted by Crippen LogP contribution is -2.34. The summed E-state index contributed by atoms with van der Waals surface area (Å²) >= 11 is 11.4. The summed E-state index contributed by atoms with van der Waals surface area (Å²) in [6.07, 6.45) is 1.67. The molecule has 0 saturated carbocycles. The molecular weight excluding hydrogens is 408 g/mol. The molecule has 6 nitrogen and oxygen atoms in total. The topological polar surface area (TPSA) is 80.0 Å². The molecule has 8 heteroatoms. The Morgan fingerprint density at radius 1 is 1.10 bits per heavy atom. The van der Waals surface area contributed by atoms with E-state index in [4.69, 9.17) is 28.2 Å². The molecule has 0 unspecified atom stereocenters. The van der Waals surface area contributed by atoms with Crippen LogP contribution in [0.4, 0.5) is 5.69 Å². The van der Waals surface area contributed by atoms with Crippen LogP contribution in [0.3, 0.4) is 0 Å². The van der Waals surface area contributed by atoms with Gasteiger partial charge >= 0.3 is 0 Å². The highest BCUT2D eigenvalue weighted by Gasteiger charge is 2.15. The first-order valence-electron chi connectivity index (χ1n) is 8.71. The highest BCUT2D eigenvalue weighted by atomic mass is 35.5. The Kier molecular flexibility index (Phi) is 5.24. The van der Waals surface area contributed by atoms with Crippen LogP contribution in [0, 0.1) is 6.92 Å². The minimum absolute atomic E-state index is 0.161. The minimum atomic E-state index is -0.382. The van der Waals surface area contributed by atoms with Gasteiger partial charge in [-0.25, -0.2) is 4.98 Å². The zero-order valence-electron chi connectivity index (χ0n) is 15.3. The lowest BCUT2D eigenvalue weighted by molar-refractivity contribution is 0.0978. The van der Waals surface area contributed by atoms with Crippen LogP contribution >= 0.6 is 23.8 Å². The number of rotatable bonds is 3. The summed E-state index contributed by atoms with van der Waals surface area (Å²) in [5.41, 5.74) is 3.90. The van der Waals surface area contributed by atoms with E-state index in [0.29, 0.717) is 27.7 Å². The average Bonchev–Trinajstić information content (AvgIpc) is 3.13. The highest BCUT2D eigenvalue weighted by molar-refractivity contribution is 7.80. The van der Waals surface area contributed by atoms with Crippen molar-refractivity contribution in [3.8, 4) is 11.5 Å². The number of amides is 1. The number of pyridine rings is 1. The standard InChI is InChI=1S/C21H15ClN4O2S/c1-12-13(20-25-18-17(28-20)10-5-11-23-18)7-4-9-16(12)24-21(29)26-19(27)14-6-2-3-8-15(14)22/h2-11H,1H3,(H2,24,26,27,29). The Balaban J connectivity index is 1.55. The number of oxazole rings is 1. The van der Waals surface area contributed by atoms with Gasteiger partial charge < -0.3 is 9.73 Å². The van der Waals surface area contributed by atoms with Crippen molar-refractivity contribution >= 4 is 51.8 Å². The Morgan fingerprint density at radius 3 is 2.72 bits per heavy atom. The Labute approximate surface area is 176 Å². The maximum Gasteiger partial charge on any atom is 0.258 e. The van der Waals surface area contributed by atoms with Crippen LogP contribution in [0.2, 0.25) is 5.02 Å². The van der Waals surface area contributed by atoms with Crippen molar-refractivity contribution in [1.82, 2.24) is 15.3 Å². The Hall–Kier alpha value is -3.29. The monoisotopic (exact) mass is 422 g/mol. The first-order chi connectivity index (χ1) is 14.0. The second kappa shape index (κ2) is 7.98. The summed E-state index contributed by atoms with van der Waals surface area (Å²) in [6.45, 7) is 1.92. The number of nitrogens with zero attached hydrogens (tertiary/aromatic N) is 2. The molecule has 0 radical (unpaired) electrons. The molecule has 1 amide bonds. The van der Waals surface area contributed by atoms with Gasteiger partial charge in [-0.1, -0.05) is 29.8 Å². The van der Waals surface area contributed by atoms with Gasteiger partial charge in [0, 0.05) is 17.4 Å². The first-order valence-corrected chi connectivity index (χ1v) is 9.50. The molecule has 0 spiro atoms. The molecule has 4 aromatic rings. The molecule has 144 valence electrons. The maximum atomic E-state index is 12.4. The number of aromatic nitrogens is 2. The number of hydrogen-bond donors (Lipinski definition) is 2. The molecular formula is C21H15ClN4O2S. The molecule has 0 bridgehead atoms. The van der Waals surface area contributed by atoms with Gasteiger partial charge in [-0.15, -0.1) is 0 Å². The first kappa shape index (κ1) is 19.0.